The van der Waals surface area contributed by atoms with Gasteiger partial charge in [-0.3, -0.25) is 0 Å². The van der Waals surface area contributed by atoms with Crippen LogP contribution in [0.4, 0.5) is 0 Å². The molecule has 0 aliphatic heterocycles. The third kappa shape index (κ3) is 6.09. The van der Waals surface area contributed by atoms with Crippen LogP contribution in [0.5, 0.6) is 0 Å². The van der Waals surface area contributed by atoms with E-state index in [-0.39, 0.29) is 0 Å². The molecule has 0 amide bonds. The molecule has 0 aromatic rings. The van der Waals surface area contributed by atoms with Crippen LogP contribution in [0.2, 0.25) is 0 Å². The second-order valence-corrected chi connectivity index (χ2v) is 4.07. The first-order chi connectivity index (χ1) is 6.18. The van der Waals surface area contributed by atoms with Gasteiger partial charge in [0.15, 0.2) is 0 Å². The first-order valence-electron chi connectivity index (χ1n) is 5.84. The quantitative estimate of drug-likeness (QED) is 0.633. The summed E-state index contributed by atoms with van der Waals surface area (Å²) in [5.74, 6) is 0.932. The Kier molecular flexibility index (Phi) is 7.35. The van der Waals surface area contributed by atoms with Gasteiger partial charge in [0.05, 0.1) is 12.2 Å². The molecule has 0 unspecified atom stereocenters. The van der Waals surface area contributed by atoms with Crippen molar-refractivity contribution in [3.05, 3.63) is 0 Å². The molecular formula is C12H26O. The van der Waals surface area contributed by atoms with Gasteiger partial charge in [-0.15, -0.1) is 0 Å². The highest BCUT2D eigenvalue weighted by atomic mass is 16.5. The molecule has 1 saturated carbocycles. The highest BCUT2D eigenvalue weighted by Gasteiger charge is 2.18. The summed E-state index contributed by atoms with van der Waals surface area (Å²) in [6, 6.07) is 0. The maximum Gasteiger partial charge on any atom is 0.0578 e. The predicted octanol–water partition coefficient (Wildman–Crippen LogP) is 4.02. The fourth-order valence-corrected chi connectivity index (χ4v) is 1.75. The van der Waals surface area contributed by atoms with Gasteiger partial charge < -0.3 is 4.74 Å². The number of rotatable bonds is 2. The van der Waals surface area contributed by atoms with Crippen LogP contribution in [0.15, 0.2) is 0 Å². The SMILES string of the molecule is CC.CC1CCC(OC(C)C)CC1. The van der Waals surface area contributed by atoms with E-state index in [0.717, 1.165) is 5.92 Å². The molecule has 0 saturated heterocycles. The summed E-state index contributed by atoms with van der Waals surface area (Å²) in [7, 11) is 0. The summed E-state index contributed by atoms with van der Waals surface area (Å²) in [5.41, 5.74) is 0. The molecular weight excluding hydrogens is 160 g/mol. The zero-order valence-corrected chi connectivity index (χ0v) is 9.97. The lowest BCUT2D eigenvalue weighted by Gasteiger charge is -2.27. The average Bonchev–Trinajstić information content (AvgIpc) is 2.12. The van der Waals surface area contributed by atoms with E-state index >= 15 is 0 Å². The zero-order chi connectivity index (χ0) is 10.3. The smallest absolute Gasteiger partial charge is 0.0578 e. The molecule has 13 heavy (non-hydrogen) atoms. The van der Waals surface area contributed by atoms with E-state index in [1.807, 2.05) is 13.8 Å². The van der Waals surface area contributed by atoms with Crippen LogP contribution in [-0.2, 0) is 4.74 Å². The largest absolute Gasteiger partial charge is 0.376 e. The fraction of sp³-hybridized carbons (Fsp3) is 1.00. The van der Waals surface area contributed by atoms with Crippen molar-refractivity contribution in [2.45, 2.75) is 72.5 Å². The molecule has 0 radical (unpaired) electrons. The Morgan fingerprint density at radius 3 is 1.85 bits per heavy atom. The van der Waals surface area contributed by atoms with Crippen molar-refractivity contribution in [3.63, 3.8) is 0 Å². The Hall–Kier alpha value is -0.0400. The molecule has 80 valence electrons. The topological polar surface area (TPSA) is 9.23 Å². The second kappa shape index (κ2) is 7.37. The third-order valence-electron chi connectivity index (χ3n) is 2.43. The van der Waals surface area contributed by atoms with Crippen molar-refractivity contribution in [2.24, 2.45) is 5.92 Å². The zero-order valence-electron chi connectivity index (χ0n) is 9.97. The summed E-state index contributed by atoms with van der Waals surface area (Å²) in [4.78, 5) is 0. The molecule has 1 rings (SSSR count). The lowest BCUT2D eigenvalue weighted by Crippen LogP contribution is -2.23. The Labute approximate surface area is 83.9 Å². The highest BCUT2D eigenvalue weighted by molar-refractivity contribution is 4.70. The van der Waals surface area contributed by atoms with Crippen LogP contribution in [0, 0.1) is 5.92 Å². The van der Waals surface area contributed by atoms with Gasteiger partial charge >= 0.3 is 0 Å². The van der Waals surface area contributed by atoms with E-state index in [2.05, 4.69) is 20.8 Å². The van der Waals surface area contributed by atoms with Gasteiger partial charge in [0.2, 0.25) is 0 Å². The maximum absolute atomic E-state index is 5.74. The molecule has 1 heteroatoms. The third-order valence-corrected chi connectivity index (χ3v) is 2.43. The highest BCUT2D eigenvalue weighted by Crippen LogP contribution is 2.25. The van der Waals surface area contributed by atoms with E-state index in [4.69, 9.17) is 4.74 Å². The molecule has 1 aliphatic carbocycles. The summed E-state index contributed by atoms with van der Waals surface area (Å²) in [5, 5.41) is 0. The molecule has 0 aromatic carbocycles. The van der Waals surface area contributed by atoms with Gasteiger partial charge in [-0.25, -0.2) is 0 Å². The van der Waals surface area contributed by atoms with Gasteiger partial charge in [0, 0.05) is 0 Å². The minimum absolute atomic E-state index is 0.411. The van der Waals surface area contributed by atoms with Crippen LogP contribution in [0.1, 0.15) is 60.3 Å². The Balaban J connectivity index is 0.000000671. The van der Waals surface area contributed by atoms with Crippen LogP contribution in [-0.4, -0.2) is 12.2 Å². The number of ether oxygens (including phenoxy) is 1. The van der Waals surface area contributed by atoms with Crippen LogP contribution in [0.3, 0.4) is 0 Å². The van der Waals surface area contributed by atoms with E-state index in [9.17, 15) is 0 Å². The maximum atomic E-state index is 5.74. The Bertz CT molecular complexity index is 102. The normalized spacial score (nSPS) is 28.2. The summed E-state index contributed by atoms with van der Waals surface area (Å²) in [6.45, 7) is 10.6. The molecule has 1 nitrogen and oxygen atoms in total. The van der Waals surface area contributed by atoms with Crippen LogP contribution >= 0.6 is 0 Å². The van der Waals surface area contributed by atoms with Gasteiger partial charge in [-0.05, 0) is 45.4 Å². The monoisotopic (exact) mass is 186 g/mol. The minimum Gasteiger partial charge on any atom is -0.376 e. The predicted molar refractivity (Wildman–Crippen MR) is 59.0 cm³/mol. The fourth-order valence-electron chi connectivity index (χ4n) is 1.75. The van der Waals surface area contributed by atoms with Gasteiger partial charge in [-0.2, -0.15) is 0 Å². The summed E-state index contributed by atoms with van der Waals surface area (Å²) in [6.07, 6.45) is 6.24. The van der Waals surface area contributed by atoms with Crippen molar-refractivity contribution in [1.29, 1.82) is 0 Å². The first-order valence-corrected chi connectivity index (χ1v) is 5.84. The minimum atomic E-state index is 0.411. The summed E-state index contributed by atoms with van der Waals surface area (Å²) < 4.78 is 5.74. The second-order valence-electron chi connectivity index (χ2n) is 4.07. The first kappa shape index (κ1) is 13.0. The number of hydrogen-bond donors (Lipinski definition) is 0. The number of hydrogen-bond acceptors (Lipinski definition) is 1. The van der Waals surface area contributed by atoms with Crippen molar-refractivity contribution < 1.29 is 4.74 Å². The lowest BCUT2D eigenvalue weighted by molar-refractivity contribution is -0.0183. The molecule has 0 spiro atoms. The van der Waals surface area contributed by atoms with Gasteiger partial charge in [0.1, 0.15) is 0 Å². The molecule has 0 bridgehead atoms. The van der Waals surface area contributed by atoms with Gasteiger partial charge in [-0.1, -0.05) is 20.8 Å². The standard InChI is InChI=1S/C10H20O.C2H6/c1-8(2)11-10-6-4-9(3)5-7-10;1-2/h8-10H,4-7H2,1-3H3;1-2H3. The summed E-state index contributed by atoms with van der Waals surface area (Å²) >= 11 is 0. The van der Waals surface area contributed by atoms with Crippen molar-refractivity contribution in [2.75, 3.05) is 0 Å². The van der Waals surface area contributed by atoms with Crippen molar-refractivity contribution in [3.8, 4) is 0 Å². The lowest BCUT2D eigenvalue weighted by atomic mass is 9.89. The molecule has 0 aromatic heterocycles. The van der Waals surface area contributed by atoms with Gasteiger partial charge in [0.25, 0.3) is 0 Å². The van der Waals surface area contributed by atoms with Crippen molar-refractivity contribution in [1.82, 2.24) is 0 Å². The molecule has 1 aliphatic rings. The van der Waals surface area contributed by atoms with E-state index in [1.165, 1.54) is 25.7 Å². The van der Waals surface area contributed by atoms with Crippen molar-refractivity contribution >= 4 is 0 Å². The average molecular weight is 186 g/mol. The van der Waals surface area contributed by atoms with E-state index in [1.54, 1.807) is 0 Å². The molecule has 0 heterocycles. The Morgan fingerprint density at radius 1 is 1.00 bits per heavy atom. The van der Waals surface area contributed by atoms with Crippen LogP contribution in [0.25, 0.3) is 0 Å². The Morgan fingerprint density at radius 2 is 1.46 bits per heavy atom. The van der Waals surface area contributed by atoms with Crippen LogP contribution < -0.4 is 0 Å². The van der Waals surface area contributed by atoms with E-state index < -0.39 is 0 Å². The molecule has 0 N–H and O–H groups in total. The van der Waals surface area contributed by atoms with E-state index in [0.29, 0.717) is 12.2 Å². The molecule has 1 fully saturated rings. The molecule has 0 atom stereocenters.